The molecule has 0 N–H and O–H groups in total. The fraction of sp³-hybridized carbons (Fsp3) is 0.227. The summed E-state index contributed by atoms with van der Waals surface area (Å²) >= 11 is 1.48. The Balaban J connectivity index is 1.53. The molecule has 0 fully saturated rings. The molecule has 3 aromatic rings. The molecule has 0 aliphatic carbocycles. The molecule has 2 aromatic carbocycles. The molecule has 1 aliphatic rings. The van der Waals surface area contributed by atoms with E-state index in [1.807, 2.05) is 35.7 Å². The van der Waals surface area contributed by atoms with Gasteiger partial charge in [-0.3, -0.25) is 4.79 Å². The van der Waals surface area contributed by atoms with Crippen molar-refractivity contribution in [3.05, 3.63) is 59.6 Å². The van der Waals surface area contributed by atoms with Crippen LogP contribution < -0.4 is 14.4 Å². The number of amides is 1. The van der Waals surface area contributed by atoms with E-state index in [4.69, 9.17) is 14.2 Å². The lowest BCUT2D eigenvalue weighted by molar-refractivity contribution is -0.148. The fourth-order valence-electron chi connectivity index (χ4n) is 3.23. The van der Waals surface area contributed by atoms with Gasteiger partial charge in [-0.15, -0.1) is 11.3 Å². The van der Waals surface area contributed by atoms with E-state index in [-0.39, 0.29) is 18.9 Å². The van der Waals surface area contributed by atoms with Crippen molar-refractivity contribution in [2.75, 3.05) is 25.7 Å². The number of benzene rings is 2. The number of fused-ring (bicyclic) bond motifs is 1. The van der Waals surface area contributed by atoms with Crippen molar-refractivity contribution < 1.29 is 23.8 Å². The number of esters is 1. The minimum Gasteiger partial charge on any atom is -0.497 e. The zero-order valence-corrected chi connectivity index (χ0v) is 17.3. The number of aromatic nitrogens is 1. The summed E-state index contributed by atoms with van der Waals surface area (Å²) in [6.07, 6.45) is -0.742. The zero-order valence-electron chi connectivity index (χ0n) is 16.5. The highest BCUT2D eigenvalue weighted by molar-refractivity contribution is 7.13. The second-order valence-corrected chi connectivity index (χ2v) is 7.51. The Bertz CT molecular complexity index is 1060. The number of thiazole rings is 1. The van der Waals surface area contributed by atoms with Crippen LogP contribution in [-0.4, -0.2) is 43.7 Å². The standard InChI is InChI=1S/C22H20N2O5S/c1-27-16-9-7-14(8-10-16)21-23-15(13-30-21)11-20(25)24-12-19(22(26)28-2)29-18-6-4-3-5-17(18)24/h3-10,13,19H,11-12H2,1-2H3. The van der Waals surface area contributed by atoms with Gasteiger partial charge in [0.15, 0.2) is 0 Å². The Kier molecular flexibility index (Phi) is 5.67. The van der Waals surface area contributed by atoms with Crippen molar-refractivity contribution in [1.82, 2.24) is 4.98 Å². The van der Waals surface area contributed by atoms with Gasteiger partial charge in [-0.2, -0.15) is 0 Å². The summed E-state index contributed by atoms with van der Waals surface area (Å²) in [6.45, 7) is 0.0952. The second kappa shape index (κ2) is 8.54. The van der Waals surface area contributed by atoms with Crippen molar-refractivity contribution in [3.63, 3.8) is 0 Å². The number of rotatable bonds is 5. The van der Waals surface area contributed by atoms with E-state index in [9.17, 15) is 9.59 Å². The van der Waals surface area contributed by atoms with Crippen LogP contribution in [0.5, 0.6) is 11.5 Å². The van der Waals surface area contributed by atoms with E-state index in [1.165, 1.54) is 18.4 Å². The highest BCUT2D eigenvalue weighted by Gasteiger charge is 2.34. The van der Waals surface area contributed by atoms with Crippen LogP contribution in [-0.2, 0) is 20.7 Å². The van der Waals surface area contributed by atoms with Crippen LogP contribution in [0.4, 0.5) is 5.69 Å². The lowest BCUT2D eigenvalue weighted by atomic mass is 10.1. The normalized spacial score (nSPS) is 15.1. The Morgan fingerprint density at radius 2 is 1.93 bits per heavy atom. The third kappa shape index (κ3) is 3.99. The summed E-state index contributed by atoms with van der Waals surface area (Å²) in [5.41, 5.74) is 2.27. The number of para-hydroxylation sites is 2. The smallest absolute Gasteiger partial charge is 0.348 e. The van der Waals surface area contributed by atoms with Gasteiger partial charge < -0.3 is 19.1 Å². The van der Waals surface area contributed by atoms with E-state index < -0.39 is 12.1 Å². The monoisotopic (exact) mass is 424 g/mol. The van der Waals surface area contributed by atoms with Crippen molar-refractivity contribution >= 4 is 28.9 Å². The van der Waals surface area contributed by atoms with Crippen molar-refractivity contribution in [2.45, 2.75) is 12.5 Å². The van der Waals surface area contributed by atoms with E-state index in [2.05, 4.69) is 4.98 Å². The number of carbonyl (C=O) groups is 2. The molecule has 4 rings (SSSR count). The maximum absolute atomic E-state index is 13.1. The molecule has 0 saturated carbocycles. The second-order valence-electron chi connectivity index (χ2n) is 6.65. The average Bonchev–Trinajstić information content (AvgIpc) is 3.26. The number of hydrogen-bond acceptors (Lipinski definition) is 7. The van der Waals surface area contributed by atoms with Gasteiger partial charge in [-0.05, 0) is 36.4 Å². The Morgan fingerprint density at radius 1 is 1.17 bits per heavy atom. The van der Waals surface area contributed by atoms with Crippen molar-refractivity contribution in [3.8, 4) is 22.1 Å². The molecule has 2 heterocycles. The van der Waals surface area contributed by atoms with Gasteiger partial charge in [0, 0.05) is 10.9 Å². The number of ether oxygens (including phenoxy) is 3. The number of hydrogen-bond donors (Lipinski definition) is 0. The third-order valence-electron chi connectivity index (χ3n) is 4.76. The molecule has 154 valence electrons. The first-order valence-corrected chi connectivity index (χ1v) is 10.2. The molecule has 7 nitrogen and oxygen atoms in total. The van der Waals surface area contributed by atoms with Crippen LogP contribution in [0.1, 0.15) is 5.69 Å². The minimum atomic E-state index is -0.862. The largest absolute Gasteiger partial charge is 0.497 e. The number of nitrogens with zero attached hydrogens (tertiary/aromatic N) is 2. The van der Waals surface area contributed by atoms with Gasteiger partial charge in [0.25, 0.3) is 0 Å². The maximum Gasteiger partial charge on any atom is 0.348 e. The molecule has 1 aliphatic heterocycles. The van der Waals surface area contributed by atoms with E-state index in [0.29, 0.717) is 17.1 Å². The highest BCUT2D eigenvalue weighted by Crippen LogP contribution is 2.34. The van der Waals surface area contributed by atoms with Crippen LogP contribution in [0.3, 0.4) is 0 Å². The first-order chi connectivity index (χ1) is 14.6. The van der Waals surface area contributed by atoms with Gasteiger partial charge in [-0.25, -0.2) is 9.78 Å². The highest BCUT2D eigenvalue weighted by atomic mass is 32.1. The number of anilines is 1. The van der Waals surface area contributed by atoms with Gasteiger partial charge in [0.05, 0.1) is 38.6 Å². The molecule has 1 aromatic heterocycles. The van der Waals surface area contributed by atoms with Gasteiger partial charge >= 0.3 is 5.97 Å². The van der Waals surface area contributed by atoms with E-state index in [1.54, 1.807) is 30.2 Å². The first kappa shape index (κ1) is 19.9. The fourth-order valence-corrected chi connectivity index (χ4v) is 4.06. The summed E-state index contributed by atoms with van der Waals surface area (Å²) in [6, 6.07) is 14.8. The lowest BCUT2D eigenvalue weighted by Crippen LogP contribution is -2.48. The summed E-state index contributed by atoms with van der Waals surface area (Å²) in [4.78, 5) is 31.3. The van der Waals surface area contributed by atoms with E-state index >= 15 is 0 Å². The molecule has 30 heavy (non-hydrogen) atoms. The molecule has 0 bridgehead atoms. The summed E-state index contributed by atoms with van der Waals surface area (Å²) in [5, 5.41) is 2.71. The van der Waals surface area contributed by atoms with Crippen molar-refractivity contribution in [2.24, 2.45) is 0 Å². The minimum absolute atomic E-state index is 0.0952. The molecule has 1 unspecified atom stereocenters. The van der Waals surface area contributed by atoms with Gasteiger partial charge in [0.1, 0.15) is 16.5 Å². The molecule has 1 amide bonds. The van der Waals surface area contributed by atoms with Crippen LogP contribution in [0.25, 0.3) is 10.6 Å². The Morgan fingerprint density at radius 3 is 2.67 bits per heavy atom. The SMILES string of the molecule is COC(=O)C1CN(C(=O)Cc2csc(-c3ccc(OC)cc3)n2)c2ccccc2O1. The maximum atomic E-state index is 13.1. The molecular formula is C22H20N2O5S. The summed E-state index contributed by atoms with van der Waals surface area (Å²) in [7, 11) is 2.92. The van der Waals surface area contributed by atoms with E-state index in [0.717, 1.165) is 16.3 Å². The summed E-state index contributed by atoms with van der Waals surface area (Å²) in [5.74, 6) is 0.575. The quantitative estimate of drug-likeness (QED) is 0.585. The molecule has 8 heteroatoms. The van der Waals surface area contributed by atoms with Gasteiger partial charge in [-0.1, -0.05) is 12.1 Å². The predicted octanol–water partition coefficient (Wildman–Crippen LogP) is 3.33. The number of carbonyl (C=O) groups excluding carboxylic acids is 2. The lowest BCUT2D eigenvalue weighted by Gasteiger charge is -2.33. The average molecular weight is 424 g/mol. The molecule has 0 radical (unpaired) electrons. The molecule has 0 spiro atoms. The third-order valence-corrected chi connectivity index (χ3v) is 5.70. The molecule has 1 atom stereocenters. The van der Waals surface area contributed by atoms with Crippen LogP contribution in [0.2, 0.25) is 0 Å². The Hall–Kier alpha value is -3.39. The van der Waals surface area contributed by atoms with Crippen LogP contribution in [0.15, 0.2) is 53.9 Å². The number of methoxy groups -OCH3 is 2. The van der Waals surface area contributed by atoms with Crippen LogP contribution >= 0.6 is 11.3 Å². The topological polar surface area (TPSA) is 78.0 Å². The van der Waals surface area contributed by atoms with Crippen molar-refractivity contribution in [1.29, 1.82) is 0 Å². The zero-order chi connectivity index (χ0) is 21.1. The molecular weight excluding hydrogens is 404 g/mol. The first-order valence-electron chi connectivity index (χ1n) is 9.31. The summed E-state index contributed by atoms with van der Waals surface area (Å²) < 4.78 is 15.7. The molecule has 0 saturated heterocycles. The predicted molar refractivity (Wildman–Crippen MR) is 113 cm³/mol. The Labute approximate surface area is 177 Å². The van der Waals surface area contributed by atoms with Gasteiger partial charge in [0.2, 0.25) is 12.0 Å². The van der Waals surface area contributed by atoms with Crippen LogP contribution in [0, 0.1) is 0 Å².